The quantitative estimate of drug-likeness (QED) is 0.440. The van der Waals surface area contributed by atoms with Gasteiger partial charge in [0.15, 0.2) is 5.96 Å². The molecule has 1 aromatic heterocycles. The van der Waals surface area contributed by atoms with Crippen LogP contribution in [-0.2, 0) is 4.74 Å². The highest BCUT2D eigenvalue weighted by molar-refractivity contribution is 5.80. The van der Waals surface area contributed by atoms with Crippen LogP contribution in [0.5, 0.6) is 0 Å². The molecule has 2 rings (SSSR count). The van der Waals surface area contributed by atoms with Crippen LogP contribution in [0.1, 0.15) is 26.7 Å². The Bertz CT molecular complexity index is 473. The second kappa shape index (κ2) is 10.8. The minimum Gasteiger partial charge on any atom is -0.382 e. The molecule has 0 spiro atoms. The molecule has 0 radical (unpaired) electrons. The van der Waals surface area contributed by atoms with Crippen molar-refractivity contribution in [1.82, 2.24) is 20.2 Å². The molecule has 1 N–H and O–H groups in total. The van der Waals surface area contributed by atoms with E-state index in [2.05, 4.69) is 32.0 Å². The lowest BCUT2D eigenvalue weighted by Gasteiger charge is -2.36. The largest absolute Gasteiger partial charge is 0.382 e. The van der Waals surface area contributed by atoms with Gasteiger partial charge >= 0.3 is 0 Å². The van der Waals surface area contributed by atoms with Crippen molar-refractivity contribution in [2.45, 2.75) is 26.7 Å². The topological polar surface area (TPSA) is 65.9 Å². The molecule has 0 bridgehead atoms. The number of aromatic nitrogens is 2. The lowest BCUT2D eigenvalue weighted by atomic mass is 10.3. The van der Waals surface area contributed by atoms with Gasteiger partial charge in [-0.05, 0) is 32.8 Å². The van der Waals surface area contributed by atoms with E-state index < -0.39 is 0 Å². The van der Waals surface area contributed by atoms with Crippen molar-refractivity contribution in [1.29, 1.82) is 0 Å². The lowest BCUT2D eigenvalue weighted by molar-refractivity contribution is 0.144. The second-order valence-electron chi connectivity index (χ2n) is 5.66. The summed E-state index contributed by atoms with van der Waals surface area (Å²) in [5.41, 5.74) is 0. The Hall–Kier alpha value is -1.89. The van der Waals surface area contributed by atoms with Crippen molar-refractivity contribution in [2.75, 3.05) is 57.4 Å². The molecule has 0 aromatic carbocycles. The molecular formula is C17H30N6O. The average molecular weight is 334 g/mol. The Morgan fingerprint density at radius 3 is 2.58 bits per heavy atom. The average Bonchev–Trinajstić information content (AvgIpc) is 2.64. The molecule has 7 heteroatoms. The molecule has 1 aromatic rings. The zero-order valence-corrected chi connectivity index (χ0v) is 14.9. The molecular weight excluding hydrogens is 304 g/mol. The zero-order valence-electron chi connectivity index (χ0n) is 14.9. The standard InChI is InChI=1S/C17H30N6O/c1-3-18-16(19-8-5-6-15-24-4-2)22-11-13-23(14-12-22)17-20-9-7-10-21-17/h7,9-10H,3-6,8,11-15H2,1-2H3,(H,18,19). The lowest BCUT2D eigenvalue weighted by Crippen LogP contribution is -2.53. The van der Waals surface area contributed by atoms with Gasteiger partial charge in [0, 0.05) is 64.9 Å². The van der Waals surface area contributed by atoms with E-state index in [1.807, 2.05) is 13.0 Å². The molecule has 7 nitrogen and oxygen atoms in total. The van der Waals surface area contributed by atoms with E-state index in [0.717, 1.165) is 77.2 Å². The van der Waals surface area contributed by atoms with Crippen molar-refractivity contribution in [3.05, 3.63) is 18.5 Å². The Morgan fingerprint density at radius 1 is 1.17 bits per heavy atom. The third-order valence-electron chi connectivity index (χ3n) is 3.91. The van der Waals surface area contributed by atoms with E-state index in [-0.39, 0.29) is 0 Å². The summed E-state index contributed by atoms with van der Waals surface area (Å²) in [5.74, 6) is 1.83. The molecule has 1 fully saturated rings. The van der Waals surface area contributed by atoms with Crippen LogP contribution in [0.4, 0.5) is 5.95 Å². The molecule has 0 aliphatic carbocycles. The number of hydrogen-bond donors (Lipinski definition) is 1. The first-order valence-corrected chi connectivity index (χ1v) is 8.98. The van der Waals surface area contributed by atoms with Crippen LogP contribution in [0.3, 0.4) is 0 Å². The highest BCUT2D eigenvalue weighted by atomic mass is 16.5. The first-order valence-electron chi connectivity index (χ1n) is 8.98. The molecule has 1 aliphatic heterocycles. The Morgan fingerprint density at radius 2 is 1.92 bits per heavy atom. The Kier molecular flexibility index (Phi) is 8.31. The number of guanidine groups is 1. The van der Waals surface area contributed by atoms with Gasteiger partial charge in [-0.3, -0.25) is 4.99 Å². The first-order chi connectivity index (χ1) is 11.8. The fourth-order valence-electron chi connectivity index (χ4n) is 2.64. The van der Waals surface area contributed by atoms with Crippen LogP contribution < -0.4 is 10.2 Å². The third kappa shape index (κ3) is 5.96. The van der Waals surface area contributed by atoms with E-state index in [4.69, 9.17) is 9.73 Å². The van der Waals surface area contributed by atoms with Gasteiger partial charge in [0.25, 0.3) is 0 Å². The van der Waals surface area contributed by atoms with Crippen LogP contribution in [-0.4, -0.2) is 73.3 Å². The summed E-state index contributed by atoms with van der Waals surface area (Å²) in [4.78, 5) is 18.0. The number of ether oxygens (including phenoxy) is 1. The van der Waals surface area contributed by atoms with Crippen molar-refractivity contribution < 1.29 is 4.74 Å². The monoisotopic (exact) mass is 334 g/mol. The molecule has 1 aliphatic rings. The van der Waals surface area contributed by atoms with Gasteiger partial charge in [-0.1, -0.05) is 0 Å². The highest BCUT2D eigenvalue weighted by Gasteiger charge is 2.20. The van der Waals surface area contributed by atoms with Crippen molar-refractivity contribution in [3.8, 4) is 0 Å². The van der Waals surface area contributed by atoms with E-state index in [0.29, 0.717) is 0 Å². The van der Waals surface area contributed by atoms with Crippen LogP contribution in [0, 0.1) is 0 Å². The van der Waals surface area contributed by atoms with E-state index in [1.165, 1.54) is 0 Å². The van der Waals surface area contributed by atoms with E-state index in [1.54, 1.807) is 12.4 Å². The fraction of sp³-hybridized carbons (Fsp3) is 0.706. The van der Waals surface area contributed by atoms with Gasteiger partial charge in [-0.15, -0.1) is 0 Å². The van der Waals surface area contributed by atoms with Gasteiger partial charge in [0.05, 0.1) is 0 Å². The first kappa shape index (κ1) is 18.4. The number of nitrogens with zero attached hydrogens (tertiary/aromatic N) is 5. The number of rotatable bonds is 8. The SMILES string of the molecule is CCNC(=NCCCCOCC)N1CCN(c2ncccn2)CC1. The molecule has 0 saturated carbocycles. The minimum absolute atomic E-state index is 0.793. The summed E-state index contributed by atoms with van der Waals surface area (Å²) in [7, 11) is 0. The highest BCUT2D eigenvalue weighted by Crippen LogP contribution is 2.09. The van der Waals surface area contributed by atoms with Crippen LogP contribution in [0.15, 0.2) is 23.5 Å². The van der Waals surface area contributed by atoms with Crippen molar-refractivity contribution in [2.24, 2.45) is 4.99 Å². The van der Waals surface area contributed by atoms with E-state index >= 15 is 0 Å². The van der Waals surface area contributed by atoms with E-state index in [9.17, 15) is 0 Å². The summed E-state index contributed by atoms with van der Waals surface area (Å²) in [6, 6.07) is 1.85. The number of aliphatic imine (C=N–C) groups is 1. The minimum atomic E-state index is 0.793. The van der Waals surface area contributed by atoms with Gasteiger partial charge in [0.1, 0.15) is 0 Å². The van der Waals surface area contributed by atoms with Crippen LogP contribution in [0.25, 0.3) is 0 Å². The Balaban J connectivity index is 1.79. The van der Waals surface area contributed by atoms with Crippen molar-refractivity contribution >= 4 is 11.9 Å². The second-order valence-corrected chi connectivity index (χ2v) is 5.66. The summed E-state index contributed by atoms with van der Waals surface area (Å²) >= 11 is 0. The number of unbranched alkanes of at least 4 members (excludes halogenated alkanes) is 1. The maximum absolute atomic E-state index is 5.37. The summed E-state index contributed by atoms with van der Waals surface area (Å²) in [6.07, 6.45) is 5.72. The van der Waals surface area contributed by atoms with Gasteiger partial charge < -0.3 is 19.9 Å². The maximum Gasteiger partial charge on any atom is 0.225 e. The smallest absolute Gasteiger partial charge is 0.225 e. The van der Waals surface area contributed by atoms with Crippen LogP contribution >= 0.6 is 0 Å². The predicted molar refractivity (Wildman–Crippen MR) is 97.5 cm³/mol. The number of hydrogen-bond acceptors (Lipinski definition) is 5. The zero-order chi connectivity index (χ0) is 17.0. The molecule has 0 amide bonds. The molecule has 1 saturated heterocycles. The molecule has 2 heterocycles. The normalized spacial score (nSPS) is 15.7. The maximum atomic E-state index is 5.37. The summed E-state index contributed by atoms with van der Waals surface area (Å²) < 4.78 is 5.37. The fourth-order valence-corrected chi connectivity index (χ4v) is 2.64. The van der Waals surface area contributed by atoms with Crippen molar-refractivity contribution in [3.63, 3.8) is 0 Å². The third-order valence-corrected chi connectivity index (χ3v) is 3.91. The number of anilines is 1. The van der Waals surface area contributed by atoms with Crippen LogP contribution in [0.2, 0.25) is 0 Å². The van der Waals surface area contributed by atoms with Gasteiger partial charge in [-0.25, -0.2) is 9.97 Å². The molecule has 134 valence electrons. The molecule has 0 unspecified atom stereocenters. The molecule has 24 heavy (non-hydrogen) atoms. The summed E-state index contributed by atoms with van der Waals surface area (Å²) in [6.45, 7) is 11.2. The Labute approximate surface area is 145 Å². The predicted octanol–water partition coefficient (Wildman–Crippen LogP) is 1.38. The van der Waals surface area contributed by atoms with Gasteiger partial charge in [-0.2, -0.15) is 0 Å². The number of nitrogens with one attached hydrogen (secondary N) is 1. The molecule has 0 atom stereocenters. The number of piperazine rings is 1. The summed E-state index contributed by atoms with van der Waals surface area (Å²) in [5, 5.41) is 3.40. The van der Waals surface area contributed by atoms with Gasteiger partial charge in [0.2, 0.25) is 5.95 Å².